The molecule has 14 heavy (non-hydrogen) atoms. The van der Waals surface area contributed by atoms with Gasteiger partial charge in [-0.15, -0.1) is 13.2 Å². The number of ether oxygens (including phenoxy) is 2. The van der Waals surface area contributed by atoms with E-state index in [1.807, 2.05) is 24.3 Å². The van der Waals surface area contributed by atoms with E-state index in [9.17, 15) is 0 Å². The SMILES string of the molecule is C=CCOC1C=CC=CC1OCC=C. The lowest BCUT2D eigenvalue weighted by atomic mass is 10.1. The van der Waals surface area contributed by atoms with Gasteiger partial charge in [0.25, 0.3) is 0 Å². The molecule has 1 aliphatic rings. The van der Waals surface area contributed by atoms with Gasteiger partial charge in [-0.3, -0.25) is 0 Å². The van der Waals surface area contributed by atoms with Gasteiger partial charge in [-0.2, -0.15) is 0 Å². The van der Waals surface area contributed by atoms with Crippen LogP contribution in [0.4, 0.5) is 0 Å². The minimum absolute atomic E-state index is 0.0158. The lowest BCUT2D eigenvalue weighted by Crippen LogP contribution is -2.30. The molecule has 0 amide bonds. The third kappa shape index (κ3) is 3.32. The molecule has 0 bridgehead atoms. The smallest absolute Gasteiger partial charge is 0.106 e. The van der Waals surface area contributed by atoms with Crippen molar-refractivity contribution in [3.8, 4) is 0 Å². The quantitative estimate of drug-likeness (QED) is 0.601. The van der Waals surface area contributed by atoms with Crippen molar-refractivity contribution in [2.24, 2.45) is 0 Å². The van der Waals surface area contributed by atoms with E-state index in [2.05, 4.69) is 13.2 Å². The van der Waals surface area contributed by atoms with Crippen molar-refractivity contribution >= 4 is 0 Å². The fraction of sp³-hybridized carbons (Fsp3) is 0.333. The molecule has 0 saturated heterocycles. The first-order chi connectivity index (χ1) is 6.88. The van der Waals surface area contributed by atoms with Crippen LogP contribution in [0.3, 0.4) is 0 Å². The van der Waals surface area contributed by atoms with Crippen LogP contribution in [-0.4, -0.2) is 25.4 Å². The molecule has 2 unspecified atom stereocenters. The molecule has 0 saturated carbocycles. The highest BCUT2D eigenvalue weighted by Crippen LogP contribution is 2.12. The number of rotatable bonds is 6. The maximum Gasteiger partial charge on any atom is 0.106 e. The van der Waals surface area contributed by atoms with Crippen LogP contribution >= 0.6 is 0 Å². The summed E-state index contributed by atoms with van der Waals surface area (Å²) in [7, 11) is 0. The molecular formula is C12H16O2. The molecule has 2 heteroatoms. The first-order valence-corrected chi connectivity index (χ1v) is 4.68. The van der Waals surface area contributed by atoms with Crippen molar-refractivity contribution in [1.82, 2.24) is 0 Å². The highest BCUT2D eigenvalue weighted by atomic mass is 16.5. The summed E-state index contributed by atoms with van der Waals surface area (Å²) in [5.41, 5.74) is 0. The molecule has 0 aromatic heterocycles. The van der Waals surface area contributed by atoms with Crippen LogP contribution in [0.5, 0.6) is 0 Å². The predicted octanol–water partition coefficient (Wildman–Crippen LogP) is 2.25. The predicted molar refractivity (Wildman–Crippen MR) is 58.2 cm³/mol. The molecule has 1 rings (SSSR count). The van der Waals surface area contributed by atoms with Crippen LogP contribution in [0, 0.1) is 0 Å². The van der Waals surface area contributed by atoms with Gasteiger partial charge in [0, 0.05) is 0 Å². The van der Waals surface area contributed by atoms with Crippen LogP contribution in [0.15, 0.2) is 49.6 Å². The fourth-order valence-corrected chi connectivity index (χ4v) is 1.23. The maximum atomic E-state index is 5.53. The standard InChI is InChI=1S/C12H16O2/c1-3-9-13-11-7-5-6-8-12(11)14-10-4-2/h3-8,11-12H,1-2,9-10H2. The summed E-state index contributed by atoms with van der Waals surface area (Å²) in [6.07, 6.45) is 11.3. The summed E-state index contributed by atoms with van der Waals surface area (Å²) in [4.78, 5) is 0. The summed E-state index contributed by atoms with van der Waals surface area (Å²) in [5.74, 6) is 0. The van der Waals surface area contributed by atoms with Crippen molar-refractivity contribution < 1.29 is 9.47 Å². The topological polar surface area (TPSA) is 18.5 Å². The van der Waals surface area contributed by atoms with Gasteiger partial charge in [0.2, 0.25) is 0 Å². The summed E-state index contributed by atoms with van der Waals surface area (Å²) in [6, 6.07) is 0. The van der Waals surface area contributed by atoms with E-state index in [0.29, 0.717) is 13.2 Å². The van der Waals surface area contributed by atoms with Crippen LogP contribution in [0.2, 0.25) is 0 Å². The number of hydrogen-bond acceptors (Lipinski definition) is 2. The molecule has 1 aliphatic carbocycles. The highest BCUT2D eigenvalue weighted by Gasteiger charge is 2.18. The molecule has 0 spiro atoms. The minimum atomic E-state index is -0.0158. The third-order valence-electron chi connectivity index (χ3n) is 1.85. The van der Waals surface area contributed by atoms with Gasteiger partial charge in [-0.1, -0.05) is 36.5 Å². The molecule has 2 atom stereocenters. The van der Waals surface area contributed by atoms with Gasteiger partial charge in [0.05, 0.1) is 13.2 Å². The van der Waals surface area contributed by atoms with E-state index in [1.54, 1.807) is 12.2 Å². The van der Waals surface area contributed by atoms with Gasteiger partial charge in [0.1, 0.15) is 12.2 Å². The molecule has 0 heterocycles. The third-order valence-corrected chi connectivity index (χ3v) is 1.85. The summed E-state index contributed by atoms with van der Waals surface area (Å²) in [5, 5.41) is 0. The Morgan fingerprint density at radius 1 is 0.929 bits per heavy atom. The lowest BCUT2D eigenvalue weighted by molar-refractivity contribution is -0.0119. The molecule has 76 valence electrons. The fourth-order valence-electron chi connectivity index (χ4n) is 1.23. The van der Waals surface area contributed by atoms with Crippen LogP contribution in [-0.2, 0) is 9.47 Å². The molecule has 2 nitrogen and oxygen atoms in total. The van der Waals surface area contributed by atoms with Gasteiger partial charge >= 0.3 is 0 Å². The normalized spacial score (nSPS) is 24.9. The van der Waals surface area contributed by atoms with E-state index < -0.39 is 0 Å². The minimum Gasteiger partial charge on any atom is -0.367 e. The zero-order valence-electron chi connectivity index (χ0n) is 8.26. The van der Waals surface area contributed by atoms with E-state index in [0.717, 1.165) is 0 Å². The van der Waals surface area contributed by atoms with E-state index in [4.69, 9.17) is 9.47 Å². The second-order valence-electron chi connectivity index (χ2n) is 2.94. The molecule has 0 aliphatic heterocycles. The Balaban J connectivity index is 2.43. The molecule has 0 radical (unpaired) electrons. The Labute approximate surface area is 85.2 Å². The Hall–Kier alpha value is -1.12. The average Bonchev–Trinajstić information content (AvgIpc) is 2.24. The van der Waals surface area contributed by atoms with Gasteiger partial charge in [-0.05, 0) is 0 Å². The van der Waals surface area contributed by atoms with Gasteiger partial charge in [0.15, 0.2) is 0 Å². The van der Waals surface area contributed by atoms with Crippen molar-refractivity contribution in [1.29, 1.82) is 0 Å². The monoisotopic (exact) mass is 192 g/mol. The second kappa shape index (κ2) is 6.35. The Bertz CT molecular complexity index is 215. The van der Waals surface area contributed by atoms with E-state index >= 15 is 0 Å². The van der Waals surface area contributed by atoms with Crippen molar-refractivity contribution in [3.05, 3.63) is 49.6 Å². The maximum absolute atomic E-state index is 5.53. The van der Waals surface area contributed by atoms with Gasteiger partial charge < -0.3 is 9.47 Å². The molecule has 0 aromatic carbocycles. The number of hydrogen-bond donors (Lipinski definition) is 0. The van der Waals surface area contributed by atoms with Crippen molar-refractivity contribution in [2.75, 3.05) is 13.2 Å². The Kier molecular flexibility index (Phi) is 4.97. The molecule has 0 N–H and O–H groups in total. The Morgan fingerprint density at radius 2 is 1.36 bits per heavy atom. The van der Waals surface area contributed by atoms with E-state index in [-0.39, 0.29) is 12.2 Å². The Morgan fingerprint density at radius 3 is 1.71 bits per heavy atom. The molecular weight excluding hydrogens is 176 g/mol. The highest BCUT2D eigenvalue weighted by molar-refractivity contribution is 5.17. The summed E-state index contributed by atoms with van der Waals surface area (Å²) < 4.78 is 11.1. The van der Waals surface area contributed by atoms with Crippen LogP contribution in [0.25, 0.3) is 0 Å². The molecule has 0 fully saturated rings. The summed E-state index contributed by atoms with van der Waals surface area (Å²) >= 11 is 0. The zero-order chi connectivity index (χ0) is 10.2. The van der Waals surface area contributed by atoms with Gasteiger partial charge in [-0.25, -0.2) is 0 Å². The zero-order valence-corrected chi connectivity index (χ0v) is 8.26. The number of allylic oxidation sites excluding steroid dienone is 2. The van der Waals surface area contributed by atoms with E-state index in [1.165, 1.54) is 0 Å². The average molecular weight is 192 g/mol. The molecule has 0 aromatic rings. The van der Waals surface area contributed by atoms with Crippen LogP contribution < -0.4 is 0 Å². The van der Waals surface area contributed by atoms with Crippen molar-refractivity contribution in [3.63, 3.8) is 0 Å². The van der Waals surface area contributed by atoms with Crippen molar-refractivity contribution in [2.45, 2.75) is 12.2 Å². The first kappa shape index (κ1) is 11.0. The summed E-state index contributed by atoms with van der Waals surface area (Å²) in [6.45, 7) is 8.29. The largest absolute Gasteiger partial charge is 0.367 e. The lowest BCUT2D eigenvalue weighted by Gasteiger charge is -2.23. The first-order valence-electron chi connectivity index (χ1n) is 4.68. The van der Waals surface area contributed by atoms with Crippen LogP contribution in [0.1, 0.15) is 0 Å². The second-order valence-corrected chi connectivity index (χ2v) is 2.94.